The van der Waals surface area contributed by atoms with E-state index in [0.717, 1.165) is 32.0 Å². The molecule has 4 N–H and O–H groups in total. The Morgan fingerprint density at radius 2 is 1.68 bits per heavy atom. The summed E-state index contributed by atoms with van der Waals surface area (Å²) in [5.74, 6) is -0.233. The molecule has 5 nitrogen and oxygen atoms in total. The molecule has 0 aliphatic carbocycles. The van der Waals surface area contributed by atoms with E-state index in [0.29, 0.717) is 19.1 Å². The lowest BCUT2D eigenvalue weighted by Gasteiger charge is -2.40. The van der Waals surface area contributed by atoms with Crippen LogP contribution >= 0.6 is 36.4 Å². The average Bonchev–Trinajstić information content (AvgIpc) is 2.70. The molecule has 2 fully saturated rings. The summed E-state index contributed by atoms with van der Waals surface area (Å²) in [6.45, 7) is 3.50. The van der Waals surface area contributed by atoms with Crippen molar-refractivity contribution in [2.75, 3.05) is 31.9 Å². The van der Waals surface area contributed by atoms with Gasteiger partial charge in [0.25, 0.3) is 0 Å². The summed E-state index contributed by atoms with van der Waals surface area (Å²) in [5, 5.41) is -0.184. The van der Waals surface area contributed by atoms with Gasteiger partial charge >= 0.3 is 6.18 Å². The van der Waals surface area contributed by atoms with Gasteiger partial charge in [0, 0.05) is 19.1 Å². The standard InChI is InChI=1S/C20H28ClF3N4O.2ClH/c21-16-11-13(10-15(18(16)26)20(22,23)24)12-17(25)19(29)28-8-4-14(5-9-28)27-6-2-1-3-7-27;;/h10-11,14,17H,1-9,12,25-26H2;2*1H/t17-;;/m1../s1. The van der Waals surface area contributed by atoms with E-state index in [9.17, 15) is 18.0 Å². The maximum atomic E-state index is 13.1. The first-order chi connectivity index (χ1) is 13.7. The molecule has 0 saturated carbocycles. The lowest BCUT2D eigenvalue weighted by Crippen LogP contribution is -2.52. The quantitative estimate of drug-likeness (QED) is 0.603. The van der Waals surface area contributed by atoms with E-state index < -0.39 is 23.5 Å². The van der Waals surface area contributed by atoms with Gasteiger partial charge in [-0.1, -0.05) is 18.0 Å². The second kappa shape index (κ2) is 11.8. The van der Waals surface area contributed by atoms with Gasteiger partial charge in [-0.15, -0.1) is 24.8 Å². The van der Waals surface area contributed by atoms with E-state index in [1.807, 2.05) is 0 Å². The van der Waals surface area contributed by atoms with Crippen LogP contribution in [0.15, 0.2) is 12.1 Å². The summed E-state index contributed by atoms with van der Waals surface area (Å²) in [4.78, 5) is 17.0. The van der Waals surface area contributed by atoms with Gasteiger partial charge in [0.15, 0.2) is 0 Å². The van der Waals surface area contributed by atoms with Crippen molar-refractivity contribution in [2.24, 2.45) is 5.73 Å². The topological polar surface area (TPSA) is 75.6 Å². The van der Waals surface area contributed by atoms with Gasteiger partial charge in [-0.2, -0.15) is 13.2 Å². The van der Waals surface area contributed by atoms with Crippen LogP contribution in [0.4, 0.5) is 18.9 Å². The second-order valence-corrected chi connectivity index (χ2v) is 8.41. The summed E-state index contributed by atoms with van der Waals surface area (Å²) < 4.78 is 39.4. The zero-order chi connectivity index (χ0) is 21.2. The molecule has 0 aromatic heterocycles. The van der Waals surface area contributed by atoms with Crippen LogP contribution in [0.5, 0.6) is 0 Å². The third kappa shape index (κ3) is 7.02. The zero-order valence-electron chi connectivity index (χ0n) is 17.2. The first-order valence-corrected chi connectivity index (χ1v) is 10.5. The Kier molecular flexibility index (Phi) is 10.7. The Bertz CT molecular complexity index is 737. The maximum absolute atomic E-state index is 13.1. The molecular formula is C20H30Cl3F3N4O. The molecular weight excluding hydrogens is 476 g/mol. The minimum atomic E-state index is -4.62. The van der Waals surface area contributed by atoms with E-state index in [1.165, 1.54) is 25.3 Å². The first-order valence-electron chi connectivity index (χ1n) is 10.1. The highest BCUT2D eigenvalue weighted by Crippen LogP contribution is 2.38. The lowest BCUT2D eigenvalue weighted by atomic mass is 9.98. The van der Waals surface area contributed by atoms with Crippen molar-refractivity contribution in [3.63, 3.8) is 0 Å². The number of rotatable bonds is 4. The van der Waals surface area contributed by atoms with Crippen LogP contribution in [0.25, 0.3) is 0 Å². The molecule has 1 atom stereocenters. The highest BCUT2D eigenvalue weighted by atomic mass is 35.5. The van der Waals surface area contributed by atoms with Gasteiger partial charge in [0.2, 0.25) is 5.91 Å². The van der Waals surface area contributed by atoms with Crippen LogP contribution in [0, 0.1) is 0 Å². The van der Waals surface area contributed by atoms with Crippen molar-refractivity contribution in [3.8, 4) is 0 Å². The van der Waals surface area contributed by atoms with Gasteiger partial charge in [0.05, 0.1) is 22.3 Å². The molecule has 1 aromatic carbocycles. The highest BCUT2D eigenvalue weighted by molar-refractivity contribution is 6.33. The SMILES string of the molecule is Cl.Cl.Nc1c(Cl)cc(C[C@@H](N)C(=O)N2CCC(N3CCCCC3)CC2)cc1C(F)(F)F. The van der Waals surface area contributed by atoms with Crippen LogP contribution in [0.1, 0.15) is 43.2 Å². The summed E-state index contributed by atoms with van der Waals surface area (Å²) in [7, 11) is 0. The third-order valence-electron chi connectivity index (χ3n) is 5.95. The van der Waals surface area contributed by atoms with Crippen LogP contribution in [0.3, 0.4) is 0 Å². The Morgan fingerprint density at radius 1 is 1.10 bits per heavy atom. The molecule has 178 valence electrons. The minimum Gasteiger partial charge on any atom is -0.397 e. The molecule has 2 aliphatic heterocycles. The number of carbonyl (C=O) groups is 1. The molecule has 0 spiro atoms. The number of anilines is 1. The maximum Gasteiger partial charge on any atom is 0.418 e. The number of amides is 1. The van der Waals surface area contributed by atoms with Crippen molar-refractivity contribution in [1.29, 1.82) is 0 Å². The fourth-order valence-electron chi connectivity index (χ4n) is 4.34. The number of nitrogens with zero attached hydrogens (tertiary/aromatic N) is 2. The second-order valence-electron chi connectivity index (χ2n) is 8.00. The number of alkyl halides is 3. The summed E-state index contributed by atoms with van der Waals surface area (Å²) >= 11 is 5.86. The number of hydrogen-bond donors (Lipinski definition) is 2. The van der Waals surface area contributed by atoms with Crippen molar-refractivity contribution in [1.82, 2.24) is 9.80 Å². The van der Waals surface area contributed by atoms with Crippen molar-refractivity contribution >= 4 is 48.0 Å². The molecule has 0 bridgehead atoms. The van der Waals surface area contributed by atoms with Gasteiger partial charge in [-0.25, -0.2) is 0 Å². The predicted molar refractivity (Wildman–Crippen MR) is 122 cm³/mol. The van der Waals surface area contributed by atoms with Crippen molar-refractivity contribution in [3.05, 3.63) is 28.3 Å². The van der Waals surface area contributed by atoms with E-state index in [-0.39, 0.29) is 47.7 Å². The third-order valence-corrected chi connectivity index (χ3v) is 6.26. The number of piperidine rings is 2. The van der Waals surface area contributed by atoms with Gasteiger partial charge in [0.1, 0.15) is 0 Å². The Balaban J connectivity index is 0.00000240. The number of halogens is 6. The molecule has 1 aromatic rings. The Labute approximate surface area is 198 Å². The molecule has 3 rings (SSSR count). The number of hydrogen-bond acceptors (Lipinski definition) is 4. The van der Waals surface area contributed by atoms with E-state index in [2.05, 4.69) is 4.90 Å². The number of nitrogen functional groups attached to an aromatic ring is 1. The first kappa shape index (κ1) is 28.1. The molecule has 0 unspecified atom stereocenters. The van der Waals surface area contributed by atoms with Crippen LogP contribution in [-0.4, -0.2) is 54.0 Å². The molecule has 2 saturated heterocycles. The monoisotopic (exact) mass is 504 g/mol. The highest BCUT2D eigenvalue weighted by Gasteiger charge is 2.35. The lowest BCUT2D eigenvalue weighted by molar-refractivity contribution is -0.137. The Hall–Kier alpha value is -0.930. The van der Waals surface area contributed by atoms with Gasteiger partial charge < -0.3 is 21.3 Å². The van der Waals surface area contributed by atoms with Gasteiger partial charge in [-0.3, -0.25) is 4.79 Å². The Morgan fingerprint density at radius 3 is 2.23 bits per heavy atom. The zero-order valence-corrected chi connectivity index (χ0v) is 19.6. The normalized spacial score (nSPS) is 19.3. The smallest absolute Gasteiger partial charge is 0.397 e. The average molecular weight is 506 g/mol. The van der Waals surface area contributed by atoms with E-state index in [1.54, 1.807) is 4.90 Å². The number of carbonyl (C=O) groups excluding carboxylic acids is 1. The van der Waals surface area contributed by atoms with Crippen molar-refractivity contribution < 1.29 is 18.0 Å². The van der Waals surface area contributed by atoms with Crippen LogP contribution < -0.4 is 11.5 Å². The van der Waals surface area contributed by atoms with E-state index >= 15 is 0 Å². The molecule has 2 aliphatic rings. The molecule has 1 amide bonds. The molecule has 2 heterocycles. The molecule has 0 radical (unpaired) electrons. The van der Waals surface area contributed by atoms with Crippen molar-refractivity contribution in [2.45, 2.75) is 56.8 Å². The number of nitrogens with two attached hydrogens (primary N) is 2. The summed E-state index contributed by atoms with van der Waals surface area (Å²) in [6.07, 6.45) is 0.924. The van der Waals surface area contributed by atoms with Gasteiger partial charge in [-0.05, 0) is 62.9 Å². The fraction of sp³-hybridized carbons (Fsp3) is 0.650. The summed E-state index contributed by atoms with van der Waals surface area (Å²) in [6, 6.07) is 1.86. The van der Waals surface area contributed by atoms with Crippen LogP contribution in [0.2, 0.25) is 5.02 Å². The van der Waals surface area contributed by atoms with Crippen LogP contribution in [-0.2, 0) is 17.4 Å². The fourth-order valence-corrected chi connectivity index (χ4v) is 4.58. The minimum absolute atomic E-state index is 0. The number of likely N-dealkylation sites (tertiary alicyclic amines) is 2. The number of benzene rings is 1. The van der Waals surface area contributed by atoms with E-state index in [4.69, 9.17) is 23.1 Å². The predicted octanol–water partition coefficient (Wildman–Crippen LogP) is 4.13. The largest absolute Gasteiger partial charge is 0.418 e. The molecule has 11 heteroatoms. The summed E-state index contributed by atoms with van der Waals surface area (Å²) in [5.41, 5.74) is 10.2. The molecule has 31 heavy (non-hydrogen) atoms.